The first-order valence-corrected chi connectivity index (χ1v) is 6.92. The summed E-state index contributed by atoms with van der Waals surface area (Å²) in [5, 5.41) is 0. The fourth-order valence-corrected chi connectivity index (χ4v) is 2.71. The van der Waals surface area contributed by atoms with Gasteiger partial charge in [-0.05, 0) is 56.9 Å². The highest BCUT2D eigenvalue weighted by atomic mass is 16.5. The van der Waals surface area contributed by atoms with Gasteiger partial charge in [0.1, 0.15) is 5.75 Å². The molecule has 2 N–H and O–H groups in total. The van der Waals surface area contributed by atoms with Crippen LogP contribution in [0.25, 0.3) is 0 Å². The Morgan fingerprint density at radius 2 is 2.11 bits per heavy atom. The van der Waals surface area contributed by atoms with Crippen LogP contribution in [0.2, 0.25) is 0 Å². The largest absolute Gasteiger partial charge is 0.494 e. The van der Waals surface area contributed by atoms with Gasteiger partial charge < -0.3 is 15.4 Å². The molecule has 0 bridgehead atoms. The molecule has 3 heteroatoms. The zero-order chi connectivity index (χ0) is 13.0. The lowest BCUT2D eigenvalue weighted by Crippen LogP contribution is -2.23. The van der Waals surface area contributed by atoms with E-state index in [1.54, 1.807) is 0 Å². The molecule has 1 saturated heterocycles. The highest BCUT2D eigenvalue weighted by Crippen LogP contribution is 2.27. The molecule has 0 amide bonds. The highest BCUT2D eigenvalue weighted by Gasteiger charge is 2.23. The zero-order valence-corrected chi connectivity index (χ0v) is 11.4. The lowest BCUT2D eigenvalue weighted by Gasteiger charge is -2.19. The maximum atomic E-state index is 5.87. The summed E-state index contributed by atoms with van der Waals surface area (Å²) < 4.78 is 5.46. The molecule has 2 atom stereocenters. The molecule has 1 heterocycles. The van der Waals surface area contributed by atoms with E-state index < -0.39 is 0 Å². The summed E-state index contributed by atoms with van der Waals surface area (Å²) in [7, 11) is 0. The van der Waals surface area contributed by atoms with Crippen molar-refractivity contribution in [3.8, 4) is 5.75 Å². The van der Waals surface area contributed by atoms with Gasteiger partial charge in [-0.15, -0.1) is 0 Å². The highest BCUT2D eigenvalue weighted by molar-refractivity contribution is 5.49. The first-order chi connectivity index (χ1) is 8.69. The summed E-state index contributed by atoms with van der Waals surface area (Å²) in [6.45, 7) is 7.10. The van der Waals surface area contributed by atoms with Crippen molar-refractivity contribution in [2.45, 2.75) is 32.7 Å². The van der Waals surface area contributed by atoms with Crippen LogP contribution >= 0.6 is 0 Å². The molecule has 3 nitrogen and oxygen atoms in total. The van der Waals surface area contributed by atoms with E-state index in [2.05, 4.69) is 36.1 Å². The zero-order valence-electron chi connectivity index (χ0n) is 11.4. The number of hydrogen-bond acceptors (Lipinski definition) is 3. The van der Waals surface area contributed by atoms with Gasteiger partial charge in [0.15, 0.2) is 0 Å². The second-order valence-electron chi connectivity index (χ2n) is 5.24. The third-order valence-electron chi connectivity index (χ3n) is 3.50. The average Bonchev–Trinajstić information content (AvgIpc) is 2.78. The van der Waals surface area contributed by atoms with Gasteiger partial charge in [0.25, 0.3) is 0 Å². The molecule has 0 saturated carbocycles. The Labute approximate surface area is 110 Å². The van der Waals surface area contributed by atoms with E-state index in [0.29, 0.717) is 6.04 Å². The van der Waals surface area contributed by atoms with Gasteiger partial charge in [0.05, 0.1) is 6.61 Å². The number of nitrogens with zero attached hydrogens (tertiary/aromatic N) is 1. The molecule has 2 rings (SSSR count). The van der Waals surface area contributed by atoms with Crippen molar-refractivity contribution in [3.05, 3.63) is 24.3 Å². The molecule has 1 fully saturated rings. The van der Waals surface area contributed by atoms with Gasteiger partial charge >= 0.3 is 0 Å². The van der Waals surface area contributed by atoms with Crippen molar-refractivity contribution in [3.63, 3.8) is 0 Å². The number of nitrogens with two attached hydrogens (primary N) is 1. The number of rotatable bonds is 5. The van der Waals surface area contributed by atoms with Crippen molar-refractivity contribution in [1.29, 1.82) is 0 Å². The fourth-order valence-electron chi connectivity index (χ4n) is 2.71. The standard InChI is InChI=1S/C15H24N2O/c1-3-18-15-6-4-14(5-7-15)17-9-8-13(11-17)10-12(2)16/h4-7,12-13H,3,8-11,16H2,1-2H3. The van der Waals surface area contributed by atoms with Crippen molar-refractivity contribution in [1.82, 2.24) is 0 Å². The SMILES string of the molecule is CCOc1ccc(N2CCC(CC(C)N)C2)cc1. The summed E-state index contributed by atoms with van der Waals surface area (Å²) >= 11 is 0. The van der Waals surface area contributed by atoms with Crippen LogP contribution in [0.5, 0.6) is 5.75 Å². The lowest BCUT2D eigenvalue weighted by atomic mass is 10.0. The van der Waals surface area contributed by atoms with Crippen molar-refractivity contribution < 1.29 is 4.74 Å². The van der Waals surface area contributed by atoms with E-state index in [-0.39, 0.29) is 0 Å². The van der Waals surface area contributed by atoms with E-state index in [1.165, 1.54) is 12.1 Å². The van der Waals surface area contributed by atoms with Crippen molar-refractivity contribution >= 4 is 5.69 Å². The molecule has 1 aliphatic heterocycles. The van der Waals surface area contributed by atoms with Crippen LogP contribution in [0.4, 0.5) is 5.69 Å². The number of hydrogen-bond donors (Lipinski definition) is 1. The molecular weight excluding hydrogens is 224 g/mol. The minimum absolute atomic E-state index is 0.315. The Kier molecular flexibility index (Phi) is 4.48. The van der Waals surface area contributed by atoms with E-state index in [0.717, 1.165) is 37.8 Å². The van der Waals surface area contributed by atoms with Crippen molar-refractivity contribution in [2.75, 3.05) is 24.6 Å². The van der Waals surface area contributed by atoms with E-state index >= 15 is 0 Å². The predicted molar refractivity (Wildman–Crippen MR) is 76.2 cm³/mol. The third kappa shape index (κ3) is 3.39. The summed E-state index contributed by atoms with van der Waals surface area (Å²) in [6.07, 6.45) is 2.39. The van der Waals surface area contributed by atoms with E-state index in [1.807, 2.05) is 6.92 Å². The first-order valence-electron chi connectivity index (χ1n) is 6.92. The average molecular weight is 248 g/mol. The molecule has 0 radical (unpaired) electrons. The molecule has 100 valence electrons. The summed E-state index contributed by atoms with van der Waals surface area (Å²) in [4.78, 5) is 2.45. The van der Waals surface area contributed by atoms with Crippen LogP contribution in [-0.2, 0) is 0 Å². The molecule has 2 unspecified atom stereocenters. The number of benzene rings is 1. The molecule has 1 aromatic rings. The number of ether oxygens (including phenoxy) is 1. The second kappa shape index (κ2) is 6.10. The topological polar surface area (TPSA) is 38.5 Å². The Balaban J connectivity index is 1.92. The van der Waals surface area contributed by atoms with Gasteiger partial charge in [0.2, 0.25) is 0 Å². The van der Waals surface area contributed by atoms with Gasteiger partial charge in [0, 0.05) is 24.8 Å². The van der Waals surface area contributed by atoms with Crippen LogP contribution in [-0.4, -0.2) is 25.7 Å². The maximum absolute atomic E-state index is 5.87. The fraction of sp³-hybridized carbons (Fsp3) is 0.600. The third-order valence-corrected chi connectivity index (χ3v) is 3.50. The van der Waals surface area contributed by atoms with E-state index in [4.69, 9.17) is 10.5 Å². The van der Waals surface area contributed by atoms with Gasteiger partial charge in [-0.2, -0.15) is 0 Å². The molecule has 1 aliphatic rings. The Hall–Kier alpha value is -1.22. The van der Waals surface area contributed by atoms with Crippen LogP contribution in [0, 0.1) is 5.92 Å². The van der Waals surface area contributed by atoms with E-state index in [9.17, 15) is 0 Å². The van der Waals surface area contributed by atoms with Crippen LogP contribution in [0.15, 0.2) is 24.3 Å². The predicted octanol–water partition coefficient (Wildman–Crippen LogP) is 2.65. The quantitative estimate of drug-likeness (QED) is 0.870. The molecule has 18 heavy (non-hydrogen) atoms. The van der Waals surface area contributed by atoms with Gasteiger partial charge in [-0.3, -0.25) is 0 Å². The van der Waals surface area contributed by atoms with Crippen molar-refractivity contribution in [2.24, 2.45) is 11.7 Å². The Bertz CT molecular complexity index is 361. The summed E-state index contributed by atoms with van der Waals surface area (Å²) in [6, 6.07) is 8.73. The molecule has 0 spiro atoms. The second-order valence-corrected chi connectivity index (χ2v) is 5.24. The van der Waals surface area contributed by atoms with Crippen LogP contribution in [0.1, 0.15) is 26.7 Å². The Morgan fingerprint density at radius 3 is 2.72 bits per heavy atom. The monoisotopic (exact) mass is 248 g/mol. The molecule has 0 aromatic heterocycles. The van der Waals surface area contributed by atoms with Gasteiger partial charge in [-0.1, -0.05) is 0 Å². The normalized spacial score (nSPS) is 21.1. The molecular formula is C15H24N2O. The summed E-state index contributed by atoms with van der Waals surface area (Å²) in [5.41, 5.74) is 7.17. The summed E-state index contributed by atoms with van der Waals surface area (Å²) in [5.74, 6) is 1.70. The van der Waals surface area contributed by atoms with Crippen LogP contribution in [0.3, 0.4) is 0 Å². The minimum Gasteiger partial charge on any atom is -0.494 e. The first kappa shape index (κ1) is 13.2. The Morgan fingerprint density at radius 1 is 1.39 bits per heavy atom. The molecule has 0 aliphatic carbocycles. The van der Waals surface area contributed by atoms with Crippen LogP contribution < -0.4 is 15.4 Å². The number of anilines is 1. The lowest BCUT2D eigenvalue weighted by molar-refractivity contribution is 0.340. The maximum Gasteiger partial charge on any atom is 0.119 e. The molecule has 1 aromatic carbocycles. The van der Waals surface area contributed by atoms with Gasteiger partial charge in [-0.25, -0.2) is 0 Å². The smallest absolute Gasteiger partial charge is 0.119 e. The minimum atomic E-state index is 0.315.